The third-order valence-electron chi connectivity index (χ3n) is 3.37. The molecule has 4 aromatic rings. The molecule has 0 spiro atoms. The van der Waals surface area contributed by atoms with Crippen LogP contribution >= 0.6 is 22.7 Å². The van der Waals surface area contributed by atoms with Crippen molar-refractivity contribution < 1.29 is 0 Å². The number of benzene rings is 2. The molecule has 2 nitrogen and oxygen atoms in total. The van der Waals surface area contributed by atoms with Crippen LogP contribution in [0.25, 0.3) is 21.5 Å². The summed E-state index contributed by atoms with van der Waals surface area (Å²) in [7, 11) is 0. The van der Waals surface area contributed by atoms with E-state index in [-0.39, 0.29) is 0 Å². The van der Waals surface area contributed by atoms with E-state index in [2.05, 4.69) is 52.6 Å². The van der Waals surface area contributed by atoms with Crippen LogP contribution in [0, 0.1) is 20.8 Å². The van der Waals surface area contributed by atoms with Crippen molar-refractivity contribution >= 4 is 32.9 Å². The molecule has 0 bridgehead atoms. The van der Waals surface area contributed by atoms with Gasteiger partial charge in [0.05, 0.1) is 25.9 Å². The highest BCUT2D eigenvalue weighted by Gasteiger charge is 2.00. The fourth-order valence-electron chi connectivity index (χ4n) is 2.21. The molecule has 116 valence electrons. The zero-order chi connectivity index (χ0) is 16.2. The highest BCUT2D eigenvalue weighted by atomic mass is 32.1. The summed E-state index contributed by atoms with van der Waals surface area (Å²) >= 11 is 3.43. The zero-order valence-corrected chi connectivity index (χ0v) is 15.0. The number of para-hydroxylation sites is 1. The SMILES string of the molecule is Cc1ccc(-c2csc(C)n2)cc1.Cc1nc2ccccc2s1. The van der Waals surface area contributed by atoms with Gasteiger partial charge in [-0.15, -0.1) is 22.7 Å². The van der Waals surface area contributed by atoms with E-state index in [0.29, 0.717) is 0 Å². The lowest BCUT2D eigenvalue weighted by Gasteiger charge is -1.96. The van der Waals surface area contributed by atoms with Crippen molar-refractivity contribution in [3.05, 3.63) is 69.5 Å². The van der Waals surface area contributed by atoms with Gasteiger partial charge in [0.25, 0.3) is 0 Å². The molecule has 4 rings (SSSR count). The Hall–Kier alpha value is -2.04. The van der Waals surface area contributed by atoms with E-state index in [9.17, 15) is 0 Å². The van der Waals surface area contributed by atoms with Gasteiger partial charge < -0.3 is 0 Å². The summed E-state index contributed by atoms with van der Waals surface area (Å²) in [5.74, 6) is 0. The highest BCUT2D eigenvalue weighted by molar-refractivity contribution is 7.18. The van der Waals surface area contributed by atoms with Gasteiger partial charge in [-0.2, -0.15) is 0 Å². The van der Waals surface area contributed by atoms with Crippen molar-refractivity contribution in [2.45, 2.75) is 20.8 Å². The van der Waals surface area contributed by atoms with Crippen molar-refractivity contribution in [3.63, 3.8) is 0 Å². The molecule has 0 amide bonds. The van der Waals surface area contributed by atoms with E-state index < -0.39 is 0 Å². The first-order chi connectivity index (χ1) is 11.1. The molecular formula is C19H18N2S2. The lowest BCUT2D eigenvalue weighted by molar-refractivity contribution is 1.29. The third kappa shape index (κ3) is 4.03. The largest absolute Gasteiger partial charge is 0.242 e. The maximum Gasteiger partial charge on any atom is 0.0907 e. The summed E-state index contributed by atoms with van der Waals surface area (Å²) in [6, 6.07) is 16.7. The highest BCUT2D eigenvalue weighted by Crippen LogP contribution is 2.21. The molecule has 0 aliphatic heterocycles. The van der Waals surface area contributed by atoms with Crippen molar-refractivity contribution in [2.24, 2.45) is 0 Å². The third-order valence-corrected chi connectivity index (χ3v) is 5.09. The second-order valence-electron chi connectivity index (χ2n) is 5.32. The van der Waals surface area contributed by atoms with Crippen LogP contribution in [-0.4, -0.2) is 9.97 Å². The van der Waals surface area contributed by atoms with Gasteiger partial charge in [-0.3, -0.25) is 0 Å². The standard InChI is InChI=1S/C11H11NS.C8H7NS/c1-8-3-5-10(6-4-8)11-7-13-9(2)12-11;1-6-9-7-4-2-3-5-8(7)10-6/h3-7H,1-2H3;2-5H,1H3. The van der Waals surface area contributed by atoms with Crippen molar-refractivity contribution in [1.82, 2.24) is 9.97 Å². The summed E-state index contributed by atoms with van der Waals surface area (Å²) in [5.41, 5.74) is 4.69. The average Bonchev–Trinajstić information content (AvgIpc) is 3.13. The molecule has 0 N–H and O–H groups in total. The topological polar surface area (TPSA) is 25.8 Å². The normalized spacial score (nSPS) is 10.4. The molecule has 0 fully saturated rings. The minimum Gasteiger partial charge on any atom is -0.242 e. The number of fused-ring (bicyclic) bond motifs is 1. The first kappa shape index (κ1) is 15.8. The summed E-state index contributed by atoms with van der Waals surface area (Å²) in [6.07, 6.45) is 0. The van der Waals surface area contributed by atoms with Crippen molar-refractivity contribution in [3.8, 4) is 11.3 Å². The number of thiazole rings is 2. The Morgan fingerprint density at radius 3 is 2.17 bits per heavy atom. The lowest BCUT2D eigenvalue weighted by atomic mass is 10.1. The molecule has 0 aliphatic carbocycles. The summed E-state index contributed by atoms with van der Waals surface area (Å²) in [4.78, 5) is 8.76. The fraction of sp³-hybridized carbons (Fsp3) is 0.158. The molecule has 0 unspecified atom stereocenters. The quantitative estimate of drug-likeness (QED) is 0.423. The summed E-state index contributed by atoms with van der Waals surface area (Å²) in [5, 5.41) is 4.36. The molecule has 0 radical (unpaired) electrons. The summed E-state index contributed by atoms with van der Waals surface area (Å²) in [6.45, 7) is 6.16. The van der Waals surface area contributed by atoms with Crippen LogP contribution in [-0.2, 0) is 0 Å². The van der Waals surface area contributed by atoms with Crippen molar-refractivity contribution in [2.75, 3.05) is 0 Å². The maximum absolute atomic E-state index is 4.43. The Kier molecular flexibility index (Phi) is 4.84. The molecule has 23 heavy (non-hydrogen) atoms. The number of rotatable bonds is 1. The number of aryl methyl sites for hydroxylation is 3. The molecule has 0 saturated carbocycles. The van der Waals surface area contributed by atoms with Crippen LogP contribution in [0.5, 0.6) is 0 Å². The summed E-state index contributed by atoms with van der Waals surface area (Å²) < 4.78 is 1.28. The fourth-order valence-corrected chi connectivity index (χ4v) is 3.66. The minimum absolute atomic E-state index is 1.09. The smallest absolute Gasteiger partial charge is 0.0907 e. The molecule has 2 aromatic heterocycles. The van der Waals surface area contributed by atoms with Crippen LogP contribution in [0.15, 0.2) is 53.9 Å². The monoisotopic (exact) mass is 338 g/mol. The van der Waals surface area contributed by atoms with E-state index in [1.165, 1.54) is 15.8 Å². The first-order valence-corrected chi connectivity index (χ1v) is 9.13. The molecule has 0 atom stereocenters. The van der Waals surface area contributed by atoms with Gasteiger partial charge in [-0.1, -0.05) is 42.0 Å². The van der Waals surface area contributed by atoms with Gasteiger partial charge in [-0.05, 0) is 32.9 Å². The molecule has 2 aromatic carbocycles. The number of hydrogen-bond donors (Lipinski definition) is 0. The van der Waals surface area contributed by atoms with E-state index in [1.807, 2.05) is 32.0 Å². The molecule has 4 heteroatoms. The predicted octanol–water partition coefficient (Wildman–Crippen LogP) is 6.03. The molecular weight excluding hydrogens is 320 g/mol. The molecule has 0 aliphatic rings. The predicted molar refractivity (Wildman–Crippen MR) is 101 cm³/mol. The van der Waals surface area contributed by atoms with Gasteiger partial charge in [-0.25, -0.2) is 9.97 Å². The number of aromatic nitrogens is 2. The number of nitrogens with zero attached hydrogens (tertiary/aromatic N) is 2. The van der Waals surface area contributed by atoms with Crippen LogP contribution in [0.2, 0.25) is 0 Å². The Bertz CT molecular complexity index is 871. The van der Waals surface area contributed by atoms with Gasteiger partial charge >= 0.3 is 0 Å². The Morgan fingerprint density at radius 1 is 0.783 bits per heavy atom. The molecule has 0 saturated heterocycles. The second-order valence-corrected chi connectivity index (χ2v) is 7.62. The minimum atomic E-state index is 1.09. The van der Waals surface area contributed by atoms with E-state index >= 15 is 0 Å². The average molecular weight is 339 g/mol. The number of hydrogen-bond acceptors (Lipinski definition) is 4. The van der Waals surface area contributed by atoms with E-state index in [4.69, 9.17) is 0 Å². The van der Waals surface area contributed by atoms with Crippen LogP contribution in [0.4, 0.5) is 0 Å². The van der Waals surface area contributed by atoms with Gasteiger partial charge in [0, 0.05) is 10.9 Å². The van der Waals surface area contributed by atoms with Crippen LogP contribution < -0.4 is 0 Å². The second kappa shape index (κ2) is 7.02. The first-order valence-electron chi connectivity index (χ1n) is 7.43. The van der Waals surface area contributed by atoms with E-state index in [0.717, 1.165) is 21.2 Å². The Morgan fingerprint density at radius 2 is 1.52 bits per heavy atom. The van der Waals surface area contributed by atoms with Gasteiger partial charge in [0.2, 0.25) is 0 Å². The van der Waals surface area contributed by atoms with Crippen molar-refractivity contribution in [1.29, 1.82) is 0 Å². The zero-order valence-electron chi connectivity index (χ0n) is 13.4. The molecule has 2 heterocycles. The maximum atomic E-state index is 4.43. The Labute approximate surface area is 144 Å². The Balaban J connectivity index is 0.000000140. The lowest BCUT2D eigenvalue weighted by Crippen LogP contribution is -1.78. The van der Waals surface area contributed by atoms with Gasteiger partial charge in [0.1, 0.15) is 0 Å². The van der Waals surface area contributed by atoms with Crippen LogP contribution in [0.3, 0.4) is 0 Å². The van der Waals surface area contributed by atoms with Crippen LogP contribution in [0.1, 0.15) is 15.6 Å². The van der Waals surface area contributed by atoms with E-state index in [1.54, 1.807) is 22.7 Å². The van der Waals surface area contributed by atoms with Gasteiger partial charge in [0.15, 0.2) is 0 Å².